The molecule has 0 saturated carbocycles. The van der Waals surface area contributed by atoms with E-state index in [1.54, 1.807) is 18.2 Å². The molecule has 26 heavy (non-hydrogen) atoms. The number of piperazine rings is 1. The van der Waals surface area contributed by atoms with Gasteiger partial charge in [0.25, 0.3) is 6.43 Å². The molecule has 1 atom stereocenters. The zero-order chi connectivity index (χ0) is 18.7. The number of H-pyrrole nitrogens is 1. The molecule has 0 amide bonds. The van der Waals surface area contributed by atoms with Gasteiger partial charge in [0.15, 0.2) is 0 Å². The predicted molar refractivity (Wildman–Crippen MR) is 98.7 cm³/mol. The van der Waals surface area contributed by atoms with Gasteiger partial charge in [0.05, 0.1) is 11.4 Å². The Balaban J connectivity index is 1.91. The maximum atomic E-state index is 13.7. The van der Waals surface area contributed by atoms with Crippen LogP contribution in [0.4, 0.5) is 14.5 Å². The first-order chi connectivity index (χ1) is 12.4. The minimum Gasteiger partial charge on any atom is -0.367 e. The molecule has 2 aromatic rings. The quantitative estimate of drug-likeness (QED) is 0.858. The van der Waals surface area contributed by atoms with Gasteiger partial charge in [0.1, 0.15) is 5.69 Å². The van der Waals surface area contributed by atoms with Gasteiger partial charge in [0.2, 0.25) is 5.56 Å². The van der Waals surface area contributed by atoms with E-state index in [9.17, 15) is 13.6 Å². The summed E-state index contributed by atoms with van der Waals surface area (Å²) in [4.78, 5) is 20.2. The van der Waals surface area contributed by atoms with Crippen molar-refractivity contribution < 1.29 is 8.78 Å². The lowest BCUT2D eigenvalue weighted by molar-refractivity contribution is 0.146. The van der Waals surface area contributed by atoms with E-state index in [-0.39, 0.29) is 17.3 Å². The summed E-state index contributed by atoms with van der Waals surface area (Å²) in [5.74, 6) is 0.540. The lowest BCUT2D eigenvalue weighted by atomic mass is 10.0. The van der Waals surface area contributed by atoms with Crippen LogP contribution in [0.15, 0.2) is 35.3 Å². The highest BCUT2D eigenvalue weighted by atomic mass is 19.3. The number of nitrogens with one attached hydrogen (secondary N) is 2. The molecule has 1 aliphatic heterocycles. The number of pyridine rings is 2. The van der Waals surface area contributed by atoms with Crippen molar-refractivity contribution in [1.29, 1.82) is 0 Å². The first kappa shape index (κ1) is 18.5. The Labute approximate surface area is 151 Å². The van der Waals surface area contributed by atoms with Crippen LogP contribution in [-0.4, -0.2) is 35.6 Å². The molecule has 0 spiro atoms. The minimum atomic E-state index is -2.68. The molecule has 2 aromatic heterocycles. The van der Waals surface area contributed by atoms with Crippen LogP contribution in [0.3, 0.4) is 0 Å². The average Bonchev–Trinajstić information content (AvgIpc) is 2.61. The zero-order valence-electron chi connectivity index (χ0n) is 15.0. The Bertz CT molecular complexity index is 806. The summed E-state index contributed by atoms with van der Waals surface area (Å²) in [6.45, 7) is 6.42. The number of aromatic amines is 1. The molecule has 140 valence electrons. The third-order valence-electron chi connectivity index (χ3n) is 4.53. The maximum absolute atomic E-state index is 13.7. The topological polar surface area (TPSA) is 61.0 Å². The molecule has 1 aliphatic rings. The van der Waals surface area contributed by atoms with Gasteiger partial charge in [-0.2, -0.15) is 0 Å². The highest BCUT2D eigenvalue weighted by Crippen LogP contribution is 2.31. The van der Waals surface area contributed by atoms with Crippen molar-refractivity contribution in [2.75, 3.05) is 24.5 Å². The molecule has 3 rings (SSSR count). The predicted octanol–water partition coefficient (Wildman–Crippen LogP) is 3.20. The largest absolute Gasteiger partial charge is 0.367 e. The lowest BCUT2D eigenvalue weighted by Crippen LogP contribution is -2.51. The van der Waals surface area contributed by atoms with Crippen LogP contribution in [0, 0.1) is 5.92 Å². The summed E-state index contributed by atoms with van der Waals surface area (Å²) in [6.07, 6.45) is -0.189. The smallest absolute Gasteiger partial charge is 0.282 e. The first-order valence-electron chi connectivity index (χ1n) is 8.90. The van der Waals surface area contributed by atoms with Crippen molar-refractivity contribution in [3.8, 4) is 11.3 Å². The molecule has 1 saturated heterocycles. The fraction of sp³-hybridized carbons (Fsp3) is 0.474. The van der Waals surface area contributed by atoms with Gasteiger partial charge in [-0.25, -0.2) is 13.8 Å². The van der Waals surface area contributed by atoms with E-state index in [4.69, 9.17) is 0 Å². The summed E-state index contributed by atoms with van der Waals surface area (Å²) in [6, 6.07) is 6.70. The number of halogens is 2. The van der Waals surface area contributed by atoms with Crippen LogP contribution in [0.25, 0.3) is 11.3 Å². The van der Waals surface area contributed by atoms with Gasteiger partial charge >= 0.3 is 0 Å². The number of hydrogen-bond donors (Lipinski definition) is 2. The second-order valence-electron chi connectivity index (χ2n) is 7.07. The van der Waals surface area contributed by atoms with E-state index in [1.165, 1.54) is 12.3 Å². The molecule has 0 aliphatic carbocycles. The van der Waals surface area contributed by atoms with Gasteiger partial charge in [-0.3, -0.25) is 4.79 Å². The molecule has 0 aromatic carbocycles. The van der Waals surface area contributed by atoms with Crippen molar-refractivity contribution in [2.24, 2.45) is 5.92 Å². The molecular formula is C19H24F2N4O. The van der Waals surface area contributed by atoms with Crippen LogP contribution < -0.4 is 15.8 Å². The van der Waals surface area contributed by atoms with Crippen molar-refractivity contribution in [3.05, 3.63) is 46.5 Å². The molecule has 5 nitrogen and oxygen atoms in total. The van der Waals surface area contributed by atoms with E-state index in [1.807, 2.05) is 4.90 Å². The summed E-state index contributed by atoms with van der Waals surface area (Å²) in [5.41, 5.74) is 0.867. The van der Waals surface area contributed by atoms with E-state index in [2.05, 4.69) is 29.1 Å². The Morgan fingerprint density at radius 2 is 2.12 bits per heavy atom. The molecule has 2 N–H and O–H groups in total. The number of alkyl halides is 2. The van der Waals surface area contributed by atoms with Crippen LogP contribution in [-0.2, 0) is 0 Å². The Hall–Kier alpha value is -2.28. The average molecular weight is 362 g/mol. The number of rotatable bonds is 5. The normalized spacial score (nSPS) is 17.9. The molecule has 1 unspecified atom stereocenters. The van der Waals surface area contributed by atoms with E-state index < -0.39 is 6.43 Å². The summed E-state index contributed by atoms with van der Waals surface area (Å²) in [7, 11) is 0. The van der Waals surface area contributed by atoms with Crippen LogP contribution in [0.5, 0.6) is 0 Å². The van der Waals surface area contributed by atoms with Gasteiger partial charge in [-0.1, -0.05) is 13.8 Å². The van der Waals surface area contributed by atoms with Gasteiger partial charge in [0, 0.05) is 43.5 Å². The van der Waals surface area contributed by atoms with Crippen LogP contribution in [0.2, 0.25) is 0 Å². The fourth-order valence-electron chi connectivity index (χ4n) is 3.43. The maximum Gasteiger partial charge on any atom is 0.282 e. The number of aromatic nitrogens is 2. The van der Waals surface area contributed by atoms with Gasteiger partial charge in [-0.05, 0) is 30.5 Å². The van der Waals surface area contributed by atoms with Crippen LogP contribution in [0.1, 0.15) is 32.4 Å². The highest BCUT2D eigenvalue weighted by molar-refractivity contribution is 5.63. The Morgan fingerprint density at radius 1 is 1.31 bits per heavy atom. The zero-order valence-corrected chi connectivity index (χ0v) is 15.0. The van der Waals surface area contributed by atoms with Crippen LogP contribution >= 0.6 is 0 Å². The van der Waals surface area contributed by atoms with E-state index in [0.29, 0.717) is 36.0 Å². The minimum absolute atomic E-state index is 0.229. The Morgan fingerprint density at radius 3 is 2.81 bits per heavy atom. The van der Waals surface area contributed by atoms with Gasteiger partial charge < -0.3 is 15.2 Å². The molecular weight excluding hydrogens is 338 g/mol. The molecule has 0 radical (unpaired) electrons. The summed E-state index contributed by atoms with van der Waals surface area (Å²) >= 11 is 0. The van der Waals surface area contributed by atoms with Crippen molar-refractivity contribution in [2.45, 2.75) is 32.7 Å². The lowest BCUT2D eigenvalue weighted by Gasteiger charge is -2.36. The third-order valence-corrected chi connectivity index (χ3v) is 4.53. The number of anilines is 1. The molecule has 1 fully saturated rings. The molecule has 0 bridgehead atoms. The van der Waals surface area contributed by atoms with Gasteiger partial charge in [-0.15, -0.1) is 0 Å². The fourth-order valence-corrected chi connectivity index (χ4v) is 3.43. The second-order valence-corrected chi connectivity index (χ2v) is 7.07. The van der Waals surface area contributed by atoms with E-state index >= 15 is 0 Å². The number of nitrogens with zero attached hydrogens (tertiary/aromatic N) is 2. The second kappa shape index (κ2) is 7.95. The standard InChI is InChI=1S/C19H24F2N4O/c1-12(2)9-14-11-25(8-7-22-14)16-4-3-15(24-18(16)19(20)21)13-5-6-23-17(26)10-13/h3-6,10,12,14,19,22H,7-9,11H2,1-2H3,(H,23,26). The SMILES string of the molecule is CC(C)CC1CN(c2ccc(-c3cc[nH]c(=O)c3)nc2C(F)F)CCN1. The van der Waals surface area contributed by atoms with Crippen molar-refractivity contribution in [3.63, 3.8) is 0 Å². The summed E-state index contributed by atoms with van der Waals surface area (Å²) in [5, 5.41) is 3.45. The monoisotopic (exact) mass is 362 g/mol. The third kappa shape index (κ3) is 4.27. The number of hydrogen-bond acceptors (Lipinski definition) is 4. The first-order valence-corrected chi connectivity index (χ1v) is 8.90. The van der Waals surface area contributed by atoms with Crippen molar-refractivity contribution >= 4 is 5.69 Å². The van der Waals surface area contributed by atoms with Crippen molar-refractivity contribution in [1.82, 2.24) is 15.3 Å². The van der Waals surface area contributed by atoms with E-state index in [0.717, 1.165) is 13.0 Å². The highest BCUT2D eigenvalue weighted by Gasteiger charge is 2.25. The summed E-state index contributed by atoms with van der Waals surface area (Å²) < 4.78 is 27.4. The molecule has 3 heterocycles. The Kier molecular flexibility index (Phi) is 5.66. The molecule has 7 heteroatoms.